The van der Waals surface area contributed by atoms with Crippen molar-refractivity contribution in [2.45, 2.75) is 27.0 Å². The van der Waals surface area contributed by atoms with Crippen LogP contribution in [0.1, 0.15) is 33.3 Å². The average molecular weight is 368 g/mol. The van der Waals surface area contributed by atoms with Crippen LogP contribution in [0.2, 0.25) is 0 Å². The van der Waals surface area contributed by atoms with Gasteiger partial charge in [-0.3, -0.25) is 14.8 Å². The van der Waals surface area contributed by atoms with Crippen molar-refractivity contribution in [1.82, 2.24) is 20.3 Å². The number of aryl methyl sites for hydroxylation is 2. The third-order valence-corrected chi connectivity index (χ3v) is 3.72. The standard InChI is InChI=1S/C19H20N4O4/c1-12-4-5-16(17(6-12)25-3)26-11-18-23-15(10-27-18)19(24)22-9-14-8-20-13(2)7-21-14/h4-8,10H,9,11H2,1-3H3,(H,22,24). The number of oxazole rings is 1. The minimum Gasteiger partial charge on any atom is -0.493 e. The Kier molecular flexibility index (Phi) is 5.65. The van der Waals surface area contributed by atoms with Gasteiger partial charge in [-0.05, 0) is 31.5 Å². The Balaban J connectivity index is 1.56. The van der Waals surface area contributed by atoms with Gasteiger partial charge in [0.1, 0.15) is 6.26 Å². The first-order valence-electron chi connectivity index (χ1n) is 8.32. The number of carbonyl (C=O) groups is 1. The van der Waals surface area contributed by atoms with E-state index in [1.54, 1.807) is 19.5 Å². The zero-order valence-corrected chi connectivity index (χ0v) is 15.4. The number of hydrogen-bond donors (Lipinski definition) is 1. The summed E-state index contributed by atoms with van der Waals surface area (Å²) in [5.41, 5.74) is 2.71. The largest absolute Gasteiger partial charge is 0.493 e. The molecule has 3 aromatic rings. The molecule has 0 aliphatic heterocycles. The van der Waals surface area contributed by atoms with Gasteiger partial charge in [0, 0.05) is 6.20 Å². The predicted octanol–water partition coefficient (Wildman–Crippen LogP) is 2.60. The number of methoxy groups -OCH3 is 1. The summed E-state index contributed by atoms with van der Waals surface area (Å²) < 4.78 is 16.3. The van der Waals surface area contributed by atoms with Crippen molar-refractivity contribution in [2.24, 2.45) is 0 Å². The number of nitrogens with one attached hydrogen (secondary N) is 1. The Morgan fingerprint density at radius 1 is 1.19 bits per heavy atom. The minimum atomic E-state index is -0.361. The van der Waals surface area contributed by atoms with Crippen LogP contribution < -0.4 is 14.8 Å². The second kappa shape index (κ2) is 8.31. The number of rotatable bonds is 7. The molecule has 1 aromatic carbocycles. The third kappa shape index (κ3) is 4.81. The van der Waals surface area contributed by atoms with Crippen LogP contribution in [-0.4, -0.2) is 28.0 Å². The lowest BCUT2D eigenvalue weighted by atomic mass is 10.2. The normalized spacial score (nSPS) is 10.5. The van der Waals surface area contributed by atoms with E-state index < -0.39 is 0 Å². The molecule has 0 saturated heterocycles. The lowest BCUT2D eigenvalue weighted by Crippen LogP contribution is -2.23. The maximum Gasteiger partial charge on any atom is 0.273 e. The van der Waals surface area contributed by atoms with Gasteiger partial charge in [-0.25, -0.2) is 4.98 Å². The Labute approximate surface area is 156 Å². The average Bonchev–Trinajstić information content (AvgIpc) is 3.15. The van der Waals surface area contributed by atoms with E-state index in [4.69, 9.17) is 13.9 Å². The number of amides is 1. The summed E-state index contributed by atoms with van der Waals surface area (Å²) in [5.74, 6) is 1.13. The van der Waals surface area contributed by atoms with Crippen LogP contribution >= 0.6 is 0 Å². The van der Waals surface area contributed by atoms with E-state index in [0.717, 1.165) is 11.3 Å². The van der Waals surface area contributed by atoms with Crippen LogP contribution in [0.4, 0.5) is 0 Å². The van der Waals surface area contributed by atoms with E-state index in [9.17, 15) is 4.79 Å². The van der Waals surface area contributed by atoms with Gasteiger partial charge >= 0.3 is 0 Å². The fraction of sp³-hybridized carbons (Fsp3) is 0.263. The Bertz CT molecular complexity index is 922. The molecule has 3 rings (SSSR count). The lowest BCUT2D eigenvalue weighted by molar-refractivity contribution is 0.0945. The van der Waals surface area contributed by atoms with Gasteiger partial charge in [0.2, 0.25) is 5.89 Å². The summed E-state index contributed by atoms with van der Waals surface area (Å²) in [6, 6.07) is 5.60. The molecule has 0 aliphatic rings. The Morgan fingerprint density at radius 3 is 2.78 bits per heavy atom. The van der Waals surface area contributed by atoms with Crippen molar-refractivity contribution in [3.8, 4) is 11.5 Å². The van der Waals surface area contributed by atoms with Crippen molar-refractivity contribution in [3.63, 3.8) is 0 Å². The molecule has 0 radical (unpaired) electrons. The first-order valence-corrected chi connectivity index (χ1v) is 8.32. The Morgan fingerprint density at radius 2 is 2.04 bits per heavy atom. The Hall–Kier alpha value is -3.42. The number of carbonyl (C=O) groups excluding carboxylic acids is 1. The minimum absolute atomic E-state index is 0.0795. The molecule has 0 fully saturated rings. The van der Waals surface area contributed by atoms with Gasteiger partial charge in [0.25, 0.3) is 5.91 Å². The third-order valence-electron chi connectivity index (χ3n) is 3.72. The fourth-order valence-corrected chi connectivity index (χ4v) is 2.29. The molecule has 1 N–H and O–H groups in total. The van der Waals surface area contributed by atoms with Crippen LogP contribution in [0.15, 0.2) is 41.3 Å². The molecule has 2 aromatic heterocycles. The lowest BCUT2D eigenvalue weighted by Gasteiger charge is -2.09. The highest BCUT2D eigenvalue weighted by Crippen LogP contribution is 2.28. The molecule has 0 unspecified atom stereocenters. The van der Waals surface area contributed by atoms with Crippen LogP contribution in [0, 0.1) is 13.8 Å². The second-order valence-electron chi connectivity index (χ2n) is 5.90. The summed E-state index contributed by atoms with van der Waals surface area (Å²) in [6.45, 7) is 4.15. The van der Waals surface area contributed by atoms with Gasteiger partial charge in [-0.15, -0.1) is 0 Å². The highest BCUT2D eigenvalue weighted by atomic mass is 16.5. The molecule has 0 spiro atoms. The SMILES string of the molecule is COc1cc(C)ccc1OCc1nc(C(=O)NCc2cnc(C)cn2)co1. The predicted molar refractivity (Wildman–Crippen MR) is 96.5 cm³/mol. The maximum absolute atomic E-state index is 12.2. The van der Waals surface area contributed by atoms with Crippen LogP contribution in [0.3, 0.4) is 0 Å². The molecule has 0 bridgehead atoms. The van der Waals surface area contributed by atoms with Crippen LogP contribution in [0.25, 0.3) is 0 Å². The molecule has 0 saturated carbocycles. The molecule has 140 valence electrons. The van der Waals surface area contributed by atoms with Gasteiger partial charge in [0.15, 0.2) is 23.8 Å². The van der Waals surface area contributed by atoms with Crippen molar-refractivity contribution in [2.75, 3.05) is 7.11 Å². The first kappa shape index (κ1) is 18.4. The van der Waals surface area contributed by atoms with E-state index >= 15 is 0 Å². The summed E-state index contributed by atoms with van der Waals surface area (Å²) >= 11 is 0. The molecule has 8 heteroatoms. The topological polar surface area (TPSA) is 99.4 Å². The van der Waals surface area contributed by atoms with Crippen molar-refractivity contribution < 1.29 is 18.7 Å². The maximum atomic E-state index is 12.2. The van der Waals surface area contributed by atoms with Gasteiger partial charge < -0.3 is 19.2 Å². The number of ether oxygens (including phenoxy) is 2. The van der Waals surface area contributed by atoms with Crippen molar-refractivity contribution >= 4 is 5.91 Å². The van der Waals surface area contributed by atoms with Gasteiger partial charge in [-0.2, -0.15) is 0 Å². The summed E-state index contributed by atoms with van der Waals surface area (Å²) in [7, 11) is 1.58. The van der Waals surface area contributed by atoms with E-state index in [-0.39, 0.29) is 30.6 Å². The zero-order chi connectivity index (χ0) is 19.2. The van der Waals surface area contributed by atoms with Gasteiger partial charge in [0.05, 0.1) is 31.2 Å². The van der Waals surface area contributed by atoms with E-state index in [1.807, 2.05) is 32.0 Å². The second-order valence-corrected chi connectivity index (χ2v) is 5.90. The molecule has 0 atom stereocenters. The smallest absolute Gasteiger partial charge is 0.273 e. The molecule has 8 nitrogen and oxygen atoms in total. The zero-order valence-electron chi connectivity index (χ0n) is 15.4. The molecule has 0 aliphatic carbocycles. The first-order chi connectivity index (χ1) is 13.0. The van der Waals surface area contributed by atoms with E-state index in [1.165, 1.54) is 6.26 Å². The number of hydrogen-bond acceptors (Lipinski definition) is 7. The summed E-state index contributed by atoms with van der Waals surface area (Å²) in [4.78, 5) is 24.6. The molecule has 27 heavy (non-hydrogen) atoms. The van der Waals surface area contributed by atoms with E-state index in [0.29, 0.717) is 17.2 Å². The fourth-order valence-electron chi connectivity index (χ4n) is 2.29. The summed E-state index contributed by atoms with van der Waals surface area (Å²) in [6.07, 6.45) is 4.56. The quantitative estimate of drug-likeness (QED) is 0.684. The molecular formula is C19H20N4O4. The molecule has 2 heterocycles. The number of aromatic nitrogens is 3. The van der Waals surface area contributed by atoms with Gasteiger partial charge in [-0.1, -0.05) is 6.07 Å². The van der Waals surface area contributed by atoms with E-state index in [2.05, 4.69) is 20.3 Å². The monoisotopic (exact) mass is 368 g/mol. The number of nitrogens with zero attached hydrogens (tertiary/aromatic N) is 3. The highest BCUT2D eigenvalue weighted by Gasteiger charge is 2.13. The molecule has 1 amide bonds. The van der Waals surface area contributed by atoms with Crippen molar-refractivity contribution in [3.05, 3.63) is 65.4 Å². The summed E-state index contributed by atoms with van der Waals surface area (Å²) in [5, 5.41) is 2.72. The van der Waals surface area contributed by atoms with Crippen LogP contribution in [0.5, 0.6) is 11.5 Å². The highest BCUT2D eigenvalue weighted by molar-refractivity contribution is 5.91. The number of benzene rings is 1. The van der Waals surface area contributed by atoms with Crippen LogP contribution in [-0.2, 0) is 13.2 Å². The molecular weight excluding hydrogens is 348 g/mol. The van der Waals surface area contributed by atoms with Crippen molar-refractivity contribution in [1.29, 1.82) is 0 Å².